The Hall–Kier alpha value is -1.79. The first-order valence-corrected chi connectivity index (χ1v) is 7.06. The number of nitrogens with zero attached hydrogens (tertiary/aromatic N) is 2. The second kappa shape index (κ2) is 4.71. The number of thiazole rings is 1. The lowest BCUT2D eigenvalue weighted by Crippen LogP contribution is -1.82. The van der Waals surface area contributed by atoms with E-state index in [1.807, 2.05) is 19.1 Å². The Bertz CT molecular complexity index is 782. The van der Waals surface area contributed by atoms with E-state index in [9.17, 15) is 0 Å². The van der Waals surface area contributed by atoms with Crippen LogP contribution < -0.4 is 0 Å². The molecule has 3 rings (SSSR count). The van der Waals surface area contributed by atoms with Crippen LogP contribution in [0.25, 0.3) is 21.3 Å². The first-order valence-electron chi connectivity index (χ1n) is 5.83. The Morgan fingerprint density at radius 1 is 1.11 bits per heavy atom. The van der Waals surface area contributed by atoms with Crippen molar-refractivity contribution in [3.63, 3.8) is 0 Å². The number of aryl methyl sites for hydroxylation is 2. The topological polar surface area (TPSA) is 57.4 Å². The van der Waals surface area contributed by atoms with Gasteiger partial charge < -0.3 is 0 Å². The van der Waals surface area contributed by atoms with Gasteiger partial charge >= 0.3 is 0 Å². The van der Waals surface area contributed by atoms with E-state index >= 15 is 0 Å². The van der Waals surface area contributed by atoms with Gasteiger partial charge in [0.05, 0.1) is 10.6 Å². The van der Waals surface area contributed by atoms with Crippen LogP contribution in [0.5, 0.6) is 0 Å². The second-order valence-corrected chi connectivity index (χ2v) is 5.65. The molecule has 19 heavy (non-hydrogen) atoms. The molecular formula is C13H12N4S2. The van der Waals surface area contributed by atoms with Crippen LogP contribution in [0.2, 0.25) is 0 Å². The smallest absolute Gasteiger partial charge is 0.213 e. The standard InChI is InChI=1S/C13H12N4S2/c1-7-5-3-4-6-9(7)12-14-8(2)10(19-12)11-15-13(18)17-16-11/h3-6H,1-2H3,(H2,15,16,17,18). The van der Waals surface area contributed by atoms with Crippen molar-refractivity contribution in [2.45, 2.75) is 13.8 Å². The summed E-state index contributed by atoms with van der Waals surface area (Å²) in [6.07, 6.45) is 0. The molecule has 0 atom stereocenters. The molecule has 0 aliphatic carbocycles. The van der Waals surface area contributed by atoms with Crippen molar-refractivity contribution >= 4 is 23.6 Å². The van der Waals surface area contributed by atoms with Crippen molar-refractivity contribution < 1.29 is 0 Å². The van der Waals surface area contributed by atoms with Crippen LogP contribution >= 0.6 is 23.6 Å². The van der Waals surface area contributed by atoms with Gasteiger partial charge in [-0.3, -0.25) is 10.2 Å². The normalized spacial score (nSPS) is 10.8. The third-order valence-electron chi connectivity index (χ3n) is 2.89. The van der Waals surface area contributed by atoms with Crippen LogP contribution in [0.4, 0.5) is 0 Å². The number of hydrogen-bond acceptors (Lipinski definition) is 4. The number of benzene rings is 1. The molecule has 0 unspecified atom stereocenters. The first-order chi connectivity index (χ1) is 9.15. The fourth-order valence-electron chi connectivity index (χ4n) is 1.92. The predicted octanol–water partition coefficient (Wildman–Crippen LogP) is 3.87. The summed E-state index contributed by atoms with van der Waals surface area (Å²) in [5.74, 6) is 0.750. The van der Waals surface area contributed by atoms with Gasteiger partial charge in [-0.2, -0.15) is 4.98 Å². The minimum absolute atomic E-state index is 0.459. The monoisotopic (exact) mass is 288 g/mol. The number of aromatic nitrogens is 4. The molecule has 0 aliphatic heterocycles. The quantitative estimate of drug-likeness (QED) is 0.704. The Balaban J connectivity index is 2.12. The summed E-state index contributed by atoms with van der Waals surface area (Å²) in [5.41, 5.74) is 3.34. The van der Waals surface area contributed by atoms with Gasteiger partial charge in [0.25, 0.3) is 0 Å². The number of aromatic amines is 2. The first kappa shape index (κ1) is 12.3. The molecule has 1 aromatic carbocycles. The van der Waals surface area contributed by atoms with E-state index in [1.54, 1.807) is 11.3 Å². The fourth-order valence-corrected chi connectivity index (χ4v) is 3.17. The minimum atomic E-state index is 0.459. The molecule has 0 fully saturated rings. The maximum absolute atomic E-state index is 4.98. The zero-order valence-electron chi connectivity index (χ0n) is 10.5. The maximum Gasteiger partial charge on any atom is 0.213 e. The van der Waals surface area contributed by atoms with Gasteiger partial charge in [-0.25, -0.2) is 4.98 Å². The Labute approximate surface area is 119 Å². The van der Waals surface area contributed by atoms with Gasteiger partial charge in [0.15, 0.2) is 5.82 Å². The number of rotatable bonds is 2. The summed E-state index contributed by atoms with van der Waals surface area (Å²) in [6.45, 7) is 4.08. The van der Waals surface area contributed by atoms with Crippen molar-refractivity contribution in [3.05, 3.63) is 40.3 Å². The van der Waals surface area contributed by atoms with Crippen molar-refractivity contribution in [1.82, 2.24) is 20.2 Å². The molecule has 2 N–H and O–H groups in total. The molecule has 2 heterocycles. The van der Waals surface area contributed by atoms with E-state index in [0.717, 1.165) is 27.0 Å². The lowest BCUT2D eigenvalue weighted by Gasteiger charge is -1.99. The minimum Gasteiger partial charge on any atom is -0.281 e. The van der Waals surface area contributed by atoms with E-state index in [4.69, 9.17) is 12.2 Å². The van der Waals surface area contributed by atoms with Crippen molar-refractivity contribution in [2.24, 2.45) is 0 Å². The lowest BCUT2D eigenvalue weighted by molar-refractivity contribution is 1.08. The third-order valence-corrected chi connectivity index (χ3v) is 4.28. The largest absolute Gasteiger partial charge is 0.281 e. The van der Waals surface area contributed by atoms with Gasteiger partial charge in [0, 0.05) is 5.56 Å². The Morgan fingerprint density at radius 2 is 1.89 bits per heavy atom. The summed E-state index contributed by atoms with van der Waals surface area (Å²) in [7, 11) is 0. The SMILES string of the molecule is Cc1ccccc1-c1nc(C)c(-c2nc(=S)[nH][nH]2)s1. The molecule has 0 saturated heterocycles. The van der Waals surface area contributed by atoms with Gasteiger partial charge in [-0.15, -0.1) is 11.3 Å². The number of hydrogen-bond donors (Lipinski definition) is 2. The molecule has 3 aromatic rings. The molecule has 0 radical (unpaired) electrons. The molecule has 0 amide bonds. The van der Waals surface area contributed by atoms with Crippen LogP contribution in [0.1, 0.15) is 11.3 Å². The van der Waals surface area contributed by atoms with E-state index < -0.39 is 0 Å². The van der Waals surface area contributed by atoms with Gasteiger partial charge in [0.2, 0.25) is 4.77 Å². The van der Waals surface area contributed by atoms with Crippen LogP contribution in [0.3, 0.4) is 0 Å². The maximum atomic E-state index is 4.98. The van der Waals surface area contributed by atoms with Gasteiger partial charge in [-0.05, 0) is 31.6 Å². The van der Waals surface area contributed by atoms with E-state index in [0.29, 0.717) is 4.77 Å². The van der Waals surface area contributed by atoms with Crippen molar-refractivity contribution in [2.75, 3.05) is 0 Å². The Kier molecular flexibility index (Phi) is 3.04. The molecule has 2 aromatic heterocycles. The summed E-state index contributed by atoms with van der Waals surface area (Å²) < 4.78 is 0.459. The zero-order valence-corrected chi connectivity index (χ0v) is 12.2. The van der Waals surface area contributed by atoms with Gasteiger partial charge in [0.1, 0.15) is 5.01 Å². The zero-order chi connectivity index (χ0) is 13.4. The predicted molar refractivity (Wildman–Crippen MR) is 79.8 cm³/mol. The molecule has 6 heteroatoms. The van der Waals surface area contributed by atoms with E-state index in [-0.39, 0.29) is 0 Å². The second-order valence-electron chi connectivity index (χ2n) is 4.26. The van der Waals surface area contributed by atoms with Crippen molar-refractivity contribution in [1.29, 1.82) is 0 Å². The fraction of sp³-hybridized carbons (Fsp3) is 0.154. The van der Waals surface area contributed by atoms with E-state index in [2.05, 4.69) is 39.2 Å². The molecule has 0 bridgehead atoms. The molecule has 0 saturated carbocycles. The summed E-state index contributed by atoms with van der Waals surface area (Å²) in [6, 6.07) is 8.24. The highest BCUT2D eigenvalue weighted by atomic mass is 32.1. The average Bonchev–Trinajstić information content (AvgIpc) is 2.96. The highest BCUT2D eigenvalue weighted by molar-refractivity contribution is 7.71. The summed E-state index contributed by atoms with van der Waals surface area (Å²) in [4.78, 5) is 9.90. The van der Waals surface area contributed by atoms with Crippen LogP contribution in [-0.4, -0.2) is 20.2 Å². The summed E-state index contributed by atoms with van der Waals surface area (Å²) in [5, 5.41) is 6.79. The molecule has 0 aliphatic rings. The summed E-state index contributed by atoms with van der Waals surface area (Å²) >= 11 is 6.61. The van der Waals surface area contributed by atoms with Crippen molar-refractivity contribution in [3.8, 4) is 21.3 Å². The van der Waals surface area contributed by atoms with Crippen LogP contribution in [0, 0.1) is 18.6 Å². The highest BCUT2D eigenvalue weighted by Crippen LogP contribution is 2.34. The van der Waals surface area contributed by atoms with Crippen LogP contribution in [0.15, 0.2) is 24.3 Å². The molecule has 0 spiro atoms. The molecule has 4 nitrogen and oxygen atoms in total. The van der Waals surface area contributed by atoms with Gasteiger partial charge in [-0.1, -0.05) is 24.3 Å². The molecular weight excluding hydrogens is 276 g/mol. The van der Waals surface area contributed by atoms with E-state index in [1.165, 1.54) is 5.56 Å². The number of nitrogens with one attached hydrogen (secondary N) is 2. The Morgan fingerprint density at radius 3 is 2.58 bits per heavy atom. The third kappa shape index (κ3) is 2.24. The lowest BCUT2D eigenvalue weighted by atomic mass is 10.1. The average molecular weight is 288 g/mol. The molecule has 96 valence electrons. The van der Waals surface area contributed by atoms with Crippen LogP contribution in [-0.2, 0) is 0 Å². The number of H-pyrrole nitrogens is 2. The highest BCUT2D eigenvalue weighted by Gasteiger charge is 2.14.